The Labute approximate surface area is 125 Å². The van der Waals surface area contributed by atoms with Crippen molar-refractivity contribution in [1.29, 1.82) is 0 Å². The molecule has 0 fully saturated rings. The van der Waals surface area contributed by atoms with Gasteiger partial charge >= 0.3 is 5.97 Å². The third-order valence-corrected chi connectivity index (χ3v) is 3.23. The Bertz CT molecular complexity index is 499. The standard InChI is InChI=1S/C16H23NO4/c1-5-11(4)14(16(19)20)17-15(18)12-7-6-8-13(9-12)21-10(2)3/h6-11,14H,5H2,1-4H3,(H,17,18)(H,19,20)/t11-,14-/m0/s1. The van der Waals surface area contributed by atoms with Crippen LogP contribution in [0.1, 0.15) is 44.5 Å². The lowest BCUT2D eigenvalue weighted by atomic mass is 9.99. The number of carboxylic acid groups (broad SMARTS) is 1. The fraction of sp³-hybridized carbons (Fsp3) is 0.500. The molecule has 0 heterocycles. The van der Waals surface area contributed by atoms with Crippen molar-refractivity contribution in [2.75, 3.05) is 0 Å². The molecule has 0 aromatic heterocycles. The number of rotatable bonds is 7. The van der Waals surface area contributed by atoms with Crippen LogP contribution >= 0.6 is 0 Å². The molecule has 1 rings (SSSR count). The fourth-order valence-corrected chi connectivity index (χ4v) is 1.89. The summed E-state index contributed by atoms with van der Waals surface area (Å²) in [5.41, 5.74) is 0.391. The van der Waals surface area contributed by atoms with E-state index in [1.807, 2.05) is 20.8 Å². The lowest BCUT2D eigenvalue weighted by molar-refractivity contribution is -0.140. The number of aliphatic carboxylic acids is 1. The van der Waals surface area contributed by atoms with Gasteiger partial charge in [0.25, 0.3) is 5.91 Å². The maximum Gasteiger partial charge on any atom is 0.326 e. The molecular weight excluding hydrogens is 270 g/mol. The van der Waals surface area contributed by atoms with Crippen LogP contribution in [0, 0.1) is 5.92 Å². The molecule has 2 atom stereocenters. The number of ether oxygens (including phenoxy) is 1. The van der Waals surface area contributed by atoms with E-state index in [0.29, 0.717) is 17.7 Å². The molecule has 0 saturated heterocycles. The van der Waals surface area contributed by atoms with Gasteiger partial charge in [0, 0.05) is 5.56 Å². The first kappa shape index (κ1) is 17.0. The van der Waals surface area contributed by atoms with Crippen LogP contribution in [-0.2, 0) is 4.79 Å². The van der Waals surface area contributed by atoms with Crippen LogP contribution in [0.4, 0.5) is 0 Å². The molecule has 0 saturated carbocycles. The number of nitrogens with one attached hydrogen (secondary N) is 1. The maximum absolute atomic E-state index is 12.2. The summed E-state index contributed by atoms with van der Waals surface area (Å²) in [4.78, 5) is 23.4. The van der Waals surface area contributed by atoms with Gasteiger partial charge in [0.05, 0.1) is 6.10 Å². The van der Waals surface area contributed by atoms with E-state index in [0.717, 1.165) is 0 Å². The molecule has 0 bridgehead atoms. The quantitative estimate of drug-likeness (QED) is 0.810. The van der Waals surface area contributed by atoms with Crippen molar-refractivity contribution in [1.82, 2.24) is 5.32 Å². The predicted octanol–water partition coefficient (Wildman–Crippen LogP) is 2.70. The molecule has 1 aromatic rings. The zero-order chi connectivity index (χ0) is 16.0. The maximum atomic E-state index is 12.2. The molecule has 0 aliphatic carbocycles. The van der Waals surface area contributed by atoms with E-state index in [9.17, 15) is 14.7 Å². The van der Waals surface area contributed by atoms with E-state index in [4.69, 9.17) is 4.74 Å². The Morgan fingerprint density at radius 1 is 1.29 bits per heavy atom. The van der Waals surface area contributed by atoms with E-state index < -0.39 is 17.9 Å². The molecule has 116 valence electrons. The Kier molecular flexibility index (Phi) is 6.21. The van der Waals surface area contributed by atoms with Crippen LogP contribution < -0.4 is 10.1 Å². The van der Waals surface area contributed by atoms with Crippen molar-refractivity contribution in [3.8, 4) is 5.75 Å². The number of hydrogen-bond acceptors (Lipinski definition) is 3. The Morgan fingerprint density at radius 3 is 2.48 bits per heavy atom. The minimum atomic E-state index is -1.02. The van der Waals surface area contributed by atoms with E-state index in [1.54, 1.807) is 31.2 Å². The van der Waals surface area contributed by atoms with Gasteiger partial charge in [0.15, 0.2) is 0 Å². The SMILES string of the molecule is CC[C@H](C)[C@H](NC(=O)c1cccc(OC(C)C)c1)C(=O)O. The van der Waals surface area contributed by atoms with Gasteiger partial charge in [-0.1, -0.05) is 26.3 Å². The van der Waals surface area contributed by atoms with Gasteiger partial charge in [-0.15, -0.1) is 0 Å². The fourth-order valence-electron chi connectivity index (χ4n) is 1.89. The number of benzene rings is 1. The van der Waals surface area contributed by atoms with Crippen LogP contribution in [0.3, 0.4) is 0 Å². The number of carbonyl (C=O) groups is 2. The van der Waals surface area contributed by atoms with Gasteiger partial charge in [-0.25, -0.2) is 4.79 Å². The average Bonchev–Trinajstić information content (AvgIpc) is 2.42. The van der Waals surface area contributed by atoms with E-state index in [2.05, 4.69) is 5.32 Å². The normalized spacial score (nSPS) is 13.6. The Hall–Kier alpha value is -2.04. The summed E-state index contributed by atoms with van der Waals surface area (Å²) in [5.74, 6) is -0.973. The third kappa shape index (κ3) is 5.10. The average molecular weight is 293 g/mol. The molecule has 0 radical (unpaired) electrons. The van der Waals surface area contributed by atoms with E-state index >= 15 is 0 Å². The monoisotopic (exact) mass is 293 g/mol. The number of carbonyl (C=O) groups excluding carboxylic acids is 1. The van der Waals surface area contributed by atoms with Crippen LogP contribution in [0.25, 0.3) is 0 Å². The first-order valence-electron chi connectivity index (χ1n) is 7.15. The van der Waals surface area contributed by atoms with Gasteiger partial charge < -0.3 is 15.2 Å². The highest BCUT2D eigenvalue weighted by Gasteiger charge is 2.25. The van der Waals surface area contributed by atoms with Crippen molar-refractivity contribution in [2.24, 2.45) is 5.92 Å². The largest absolute Gasteiger partial charge is 0.491 e. The van der Waals surface area contributed by atoms with Crippen LogP contribution in [0.15, 0.2) is 24.3 Å². The highest BCUT2D eigenvalue weighted by atomic mass is 16.5. The zero-order valence-corrected chi connectivity index (χ0v) is 12.9. The summed E-state index contributed by atoms with van der Waals surface area (Å²) in [7, 11) is 0. The topological polar surface area (TPSA) is 75.6 Å². The van der Waals surface area contributed by atoms with E-state index in [-0.39, 0.29) is 12.0 Å². The molecule has 0 unspecified atom stereocenters. The van der Waals surface area contributed by atoms with Gasteiger partial charge in [-0.05, 0) is 38.0 Å². The highest BCUT2D eigenvalue weighted by Crippen LogP contribution is 2.16. The molecule has 5 heteroatoms. The summed E-state index contributed by atoms with van der Waals surface area (Å²) in [6.07, 6.45) is 0.684. The van der Waals surface area contributed by atoms with Crippen molar-refractivity contribution >= 4 is 11.9 Å². The molecule has 21 heavy (non-hydrogen) atoms. The lowest BCUT2D eigenvalue weighted by Gasteiger charge is -2.20. The Balaban J connectivity index is 2.85. The second-order valence-corrected chi connectivity index (χ2v) is 5.37. The van der Waals surface area contributed by atoms with Crippen molar-refractivity contribution in [3.05, 3.63) is 29.8 Å². The van der Waals surface area contributed by atoms with Crippen molar-refractivity contribution in [2.45, 2.75) is 46.3 Å². The van der Waals surface area contributed by atoms with Gasteiger partial charge in [-0.3, -0.25) is 4.79 Å². The highest BCUT2D eigenvalue weighted by molar-refractivity contribution is 5.96. The van der Waals surface area contributed by atoms with Gasteiger partial charge in [0.1, 0.15) is 11.8 Å². The minimum absolute atomic E-state index is 0.00944. The second kappa shape index (κ2) is 7.67. The van der Waals surface area contributed by atoms with Crippen molar-refractivity contribution < 1.29 is 19.4 Å². The molecule has 1 amide bonds. The smallest absolute Gasteiger partial charge is 0.326 e. The number of hydrogen-bond donors (Lipinski definition) is 2. The minimum Gasteiger partial charge on any atom is -0.491 e. The predicted molar refractivity (Wildman–Crippen MR) is 80.6 cm³/mol. The summed E-state index contributed by atoms with van der Waals surface area (Å²) in [5, 5.41) is 11.8. The number of amides is 1. The number of carboxylic acids is 1. The molecule has 2 N–H and O–H groups in total. The second-order valence-electron chi connectivity index (χ2n) is 5.37. The lowest BCUT2D eigenvalue weighted by Crippen LogP contribution is -2.45. The first-order valence-corrected chi connectivity index (χ1v) is 7.15. The van der Waals surface area contributed by atoms with Crippen LogP contribution in [-0.4, -0.2) is 29.1 Å². The molecular formula is C16H23NO4. The molecule has 0 aliphatic heterocycles. The van der Waals surface area contributed by atoms with Crippen LogP contribution in [0.2, 0.25) is 0 Å². The van der Waals surface area contributed by atoms with E-state index in [1.165, 1.54) is 0 Å². The molecule has 1 aromatic carbocycles. The zero-order valence-electron chi connectivity index (χ0n) is 12.9. The summed E-state index contributed by atoms with van der Waals surface area (Å²) >= 11 is 0. The molecule has 0 aliphatic rings. The third-order valence-electron chi connectivity index (χ3n) is 3.23. The van der Waals surface area contributed by atoms with Gasteiger partial charge in [0.2, 0.25) is 0 Å². The van der Waals surface area contributed by atoms with Crippen LogP contribution in [0.5, 0.6) is 5.75 Å². The summed E-state index contributed by atoms with van der Waals surface area (Å²) in [6.45, 7) is 7.49. The Morgan fingerprint density at radius 2 is 1.95 bits per heavy atom. The van der Waals surface area contributed by atoms with Gasteiger partial charge in [-0.2, -0.15) is 0 Å². The summed E-state index contributed by atoms with van der Waals surface area (Å²) in [6, 6.07) is 5.84. The molecule has 5 nitrogen and oxygen atoms in total. The van der Waals surface area contributed by atoms with Crippen molar-refractivity contribution in [3.63, 3.8) is 0 Å². The summed E-state index contributed by atoms with van der Waals surface area (Å²) < 4.78 is 5.53. The molecule has 0 spiro atoms. The first-order chi connectivity index (χ1) is 9.85.